The van der Waals surface area contributed by atoms with Gasteiger partial charge >= 0.3 is 0 Å². The summed E-state index contributed by atoms with van der Waals surface area (Å²) in [6, 6.07) is 10.7. The maximum absolute atomic E-state index is 2.25. The van der Waals surface area contributed by atoms with E-state index in [0.717, 1.165) is 11.8 Å². The summed E-state index contributed by atoms with van der Waals surface area (Å²) in [4.78, 5) is 1.50. The van der Waals surface area contributed by atoms with E-state index in [0.29, 0.717) is 0 Å². The van der Waals surface area contributed by atoms with Gasteiger partial charge in [-0.1, -0.05) is 43.7 Å². The van der Waals surface area contributed by atoms with E-state index < -0.39 is 0 Å². The normalized spacial score (nSPS) is 11.7. The minimum Gasteiger partial charge on any atom is -0.239 e. The summed E-state index contributed by atoms with van der Waals surface area (Å²) in [5, 5.41) is 0. The van der Waals surface area contributed by atoms with Crippen LogP contribution < -0.4 is 0 Å². The molecule has 1 aromatic rings. The van der Waals surface area contributed by atoms with Crippen molar-refractivity contribution in [3.05, 3.63) is 30.3 Å². The summed E-state index contributed by atoms with van der Waals surface area (Å²) in [7, 11) is 0. The summed E-state index contributed by atoms with van der Waals surface area (Å²) >= 11 is 1.01. The van der Waals surface area contributed by atoms with E-state index in [-0.39, 0.29) is 0 Å². The van der Waals surface area contributed by atoms with Crippen molar-refractivity contribution in [2.24, 2.45) is 0 Å². The van der Waals surface area contributed by atoms with E-state index in [1.807, 2.05) is 0 Å². The van der Waals surface area contributed by atoms with Crippen LogP contribution in [0.5, 0.6) is 0 Å². The minimum atomic E-state index is 1.01. The molecule has 1 heteroatoms. The molecule has 0 aliphatic rings. The fourth-order valence-electron chi connectivity index (χ4n) is 0.966. The summed E-state index contributed by atoms with van der Waals surface area (Å²) < 4.78 is 0. The molecule has 0 heterocycles. The largest absolute Gasteiger partial charge is 0.239 e. The summed E-state index contributed by atoms with van der Waals surface area (Å²) in [6.45, 7) is 2.25. The van der Waals surface area contributed by atoms with Gasteiger partial charge in [0.05, 0.1) is 0 Å². The van der Waals surface area contributed by atoms with Gasteiger partial charge in [-0.05, 0) is 17.1 Å². The number of unbranched alkanes of at least 4 members (excludes halogenated alkanes) is 1. The summed E-state index contributed by atoms with van der Waals surface area (Å²) in [5.41, 5.74) is 0. The molecule has 0 fully saturated rings. The zero-order valence-electron chi connectivity index (χ0n) is 7.01. The first-order valence-corrected chi connectivity index (χ1v) is 5.43. The molecule has 0 nitrogen and oxygen atoms in total. The standard InChI is InChI=1S/C10H16S/c1-2-3-9-11-10-7-5-4-6-8-10/h4-8H,2-3,9,11H2,1H3. The van der Waals surface area contributed by atoms with Gasteiger partial charge in [0.25, 0.3) is 0 Å². The van der Waals surface area contributed by atoms with Crippen molar-refractivity contribution in [2.45, 2.75) is 24.7 Å². The summed E-state index contributed by atoms with van der Waals surface area (Å²) in [5.74, 6) is 1.36. The fourth-order valence-corrected chi connectivity index (χ4v) is 2.21. The number of benzene rings is 1. The van der Waals surface area contributed by atoms with Crippen LogP contribution in [0.4, 0.5) is 0 Å². The topological polar surface area (TPSA) is 0 Å². The highest BCUT2D eigenvalue weighted by molar-refractivity contribution is 7.99. The molecule has 0 spiro atoms. The van der Waals surface area contributed by atoms with Crippen molar-refractivity contribution in [1.29, 1.82) is 0 Å². The van der Waals surface area contributed by atoms with Gasteiger partial charge in [0.1, 0.15) is 0 Å². The average molecular weight is 168 g/mol. The van der Waals surface area contributed by atoms with E-state index in [4.69, 9.17) is 0 Å². The van der Waals surface area contributed by atoms with Crippen LogP contribution in [0.1, 0.15) is 19.8 Å². The molecule has 0 aliphatic carbocycles. The Kier molecular flexibility index (Phi) is 4.14. The third-order valence-corrected chi connectivity index (χ3v) is 2.98. The van der Waals surface area contributed by atoms with Gasteiger partial charge in [0.2, 0.25) is 0 Å². The van der Waals surface area contributed by atoms with E-state index in [2.05, 4.69) is 37.3 Å². The first-order valence-electron chi connectivity index (χ1n) is 4.22. The van der Waals surface area contributed by atoms with Crippen LogP contribution in [0.3, 0.4) is 0 Å². The molecule has 62 valence electrons. The molecule has 0 amide bonds. The van der Waals surface area contributed by atoms with E-state index in [1.165, 1.54) is 23.5 Å². The molecule has 11 heavy (non-hydrogen) atoms. The Labute approximate surface area is 73.0 Å². The third-order valence-electron chi connectivity index (χ3n) is 1.63. The van der Waals surface area contributed by atoms with Crippen LogP contribution >= 0.6 is 11.8 Å². The predicted molar refractivity (Wildman–Crippen MR) is 54.9 cm³/mol. The smallest absolute Gasteiger partial charge is 0.0151 e. The van der Waals surface area contributed by atoms with Gasteiger partial charge < -0.3 is 0 Å². The van der Waals surface area contributed by atoms with Gasteiger partial charge in [-0.25, -0.2) is 11.8 Å². The minimum absolute atomic E-state index is 1.01. The van der Waals surface area contributed by atoms with Crippen LogP contribution in [0.15, 0.2) is 35.2 Å². The summed E-state index contributed by atoms with van der Waals surface area (Å²) in [6.07, 6.45) is 2.69. The Morgan fingerprint density at radius 1 is 1.18 bits per heavy atom. The van der Waals surface area contributed by atoms with Crippen LogP contribution in [0.25, 0.3) is 0 Å². The SMILES string of the molecule is CCCC[SH2]c1ccccc1. The zero-order valence-corrected chi connectivity index (χ0v) is 8.01. The quantitative estimate of drug-likeness (QED) is 0.606. The van der Waals surface area contributed by atoms with Crippen LogP contribution in [-0.2, 0) is 0 Å². The second kappa shape index (κ2) is 5.25. The lowest BCUT2D eigenvalue weighted by atomic mass is 10.4. The van der Waals surface area contributed by atoms with E-state index in [1.54, 1.807) is 0 Å². The fraction of sp³-hybridized carbons (Fsp3) is 0.400. The van der Waals surface area contributed by atoms with Crippen LogP contribution in [0, 0.1) is 0 Å². The Hall–Kier alpha value is -0.430. The molecule has 0 radical (unpaired) electrons. The van der Waals surface area contributed by atoms with E-state index >= 15 is 0 Å². The van der Waals surface area contributed by atoms with Crippen molar-refractivity contribution in [3.63, 3.8) is 0 Å². The number of hydrogen-bond donors (Lipinski definition) is 0. The highest BCUT2D eigenvalue weighted by atomic mass is 32.2. The van der Waals surface area contributed by atoms with Crippen LogP contribution in [-0.4, -0.2) is 5.75 Å². The lowest BCUT2D eigenvalue weighted by molar-refractivity contribution is 0.896. The molecule has 1 aromatic carbocycles. The van der Waals surface area contributed by atoms with Gasteiger partial charge in [0, 0.05) is 0 Å². The van der Waals surface area contributed by atoms with Crippen molar-refractivity contribution in [3.8, 4) is 0 Å². The molecular formula is C10H16S. The van der Waals surface area contributed by atoms with Gasteiger partial charge in [-0.2, -0.15) is 0 Å². The maximum Gasteiger partial charge on any atom is -0.0151 e. The molecule has 1 rings (SSSR count). The molecule has 0 unspecified atom stereocenters. The molecule has 0 saturated heterocycles. The van der Waals surface area contributed by atoms with Crippen molar-refractivity contribution >= 4 is 11.8 Å². The Balaban J connectivity index is 2.28. The molecule has 0 bridgehead atoms. The Morgan fingerprint density at radius 3 is 2.55 bits per heavy atom. The Bertz CT molecular complexity index is 181. The molecule has 0 N–H and O–H groups in total. The van der Waals surface area contributed by atoms with Crippen molar-refractivity contribution in [2.75, 3.05) is 5.75 Å². The first-order chi connectivity index (χ1) is 5.43. The zero-order chi connectivity index (χ0) is 7.94. The highest BCUT2D eigenvalue weighted by Crippen LogP contribution is 2.17. The highest BCUT2D eigenvalue weighted by Gasteiger charge is 1.86. The molecule has 0 atom stereocenters. The molecule has 0 saturated carbocycles. The lowest BCUT2D eigenvalue weighted by Crippen LogP contribution is -1.76. The monoisotopic (exact) mass is 168 g/mol. The van der Waals surface area contributed by atoms with Gasteiger partial charge in [-0.15, -0.1) is 0 Å². The van der Waals surface area contributed by atoms with Crippen LogP contribution in [0.2, 0.25) is 0 Å². The van der Waals surface area contributed by atoms with Gasteiger partial charge in [-0.3, -0.25) is 0 Å². The third kappa shape index (κ3) is 3.47. The number of hydrogen-bond acceptors (Lipinski definition) is 0. The lowest BCUT2D eigenvalue weighted by Gasteiger charge is -2.01. The molecule has 0 aromatic heterocycles. The van der Waals surface area contributed by atoms with E-state index in [9.17, 15) is 0 Å². The molecule has 0 aliphatic heterocycles. The number of rotatable bonds is 4. The van der Waals surface area contributed by atoms with Crippen molar-refractivity contribution < 1.29 is 0 Å². The average Bonchev–Trinajstić information content (AvgIpc) is 2.07. The second-order valence-corrected chi connectivity index (χ2v) is 4.08. The second-order valence-electron chi connectivity index (χ2n) is 2.65. The Morgan fingerprint density at radius 2 is 1.91 bits per heavy atom. The predicted octanol–water partition coefficient (Wildman–Crippen LogP) is 3.04. The molecular weight excluding hydrogens is 152 g/mol. The van der Waals surface area contributed by atoms with Gasteiger partial charge in [0.15, 0.2) is 0 Å². The van der Waals surface area contributed by atoms with Crippen molar-refractivity contribution in [1.82, 2.24) is 0 Å². The maximum atomic E-state index is 2.25. The first kappa shape index (κ1) is 8.66.